The summed E-state index contributed by atoms with van der Waals surface area (Å²) in [6.45, 7) is 8.99. The molecule has 82 valence electrons. The van der Waals surface area contributed by atoms with Crippen LogP contribution in [0.15, 0.2) is 11.6 Å². The van der Waals surface area contributed by atoms with E-state index in [0.29, 0.717) is 5.41 Å². The molecule has 0 bridgehead atoms. The molecule has 1 fully saturated rings. The van der Waals surface area contributed by atoms with Crippen LogP contribution >= 0.6 is 0 Å². The lowest BCUT2D eigenvalue weighted by molar-refractivity contribution is 0.213. The summed E-state index contributed by atoms with van der Waals surface area (Å²) in [5.41, 5.74) is 7.77. The Balaban J connectivity index is 2.47. The predicted octanol–water partition coefficient (Wildman–Crippen LogP) is 3.50. The van der Waals surface area contributed by atoms with Gasteiger partial charge in [0.05, 0.1) is 0 Å². The minimum absolute atomic E-state index is 0.227. The van der Waals surface area contributed by atoms with Crippen LogP contribution in [0.25, 0.3) is 0 Å². The van der Waals surface area contributed by atoms with Crippen LogP contribution in [0.1, 0.15) is 53.4 Å². The number of hydrogen-bond donors (Lipinski definition) is 1. The van der Waals surface area contributed by atoms with Crippen molar-refractivity contribution in [2.45, 2.75) is 59.4 Å². The van der Waals surface area contributed by atoms with Gasteiger partial charge in [-0.25, -0.2) is 0 Å². The minimum Gasteiger partial charge on any atom is -0.324 e. The molecule has 1 rings (SSSR count). The third-order valence-corrected chi connectivity index (χ3v) is 3.60. The van der Waals surface area contributed by atoms with E-state index in [2.05, 4.69) is 33.8 Å². The maximum atomic E-state index is 5.84. The molecule has 1 unspecified atom stereocenters. The van der Waals surface area contributed by atoms with Gasteiger partial charge in [-0.1, -0.05) is 25.5 Å². The average molecular weight is 195 g/mol. The molecule has 0 spiro atoms. The van der Waals surface area contributed by atoms with Gasteiger partial charge in [0.1, 0.15) is 0 Å². The Bertz CT molecular complexity index is 203. The van der Waals surface area contributed by atoms with Gasteiger partial charge in [-0.3, -0.25) is 0 Å². The second-order valence-corrected chi connectivity index (χ2v) is 5.70. The Hall–Kier alpha value is -0.300. The van der Waals surface area contributed by atoms with Crippen molar-refractivity contribution in [3.8, 4) is 0 Å². The molecule has 0 radical (unpaired) electrons. The van der Waals surface area contributed by atoms with E-state index in [1.807, 2.05) is 0 Å². The third-order valence-electron chi connectivity index (χ3n) is 3.60. The van der Waals surface area contributed by atoms with Crippen LogP contribution in [0.3, 0.4) is 0 Å². The third kappa shape index (κ3) is 3.45. The number of hydrogen-bond acceptors (Lipinski definition) is 1. The molecule has 0 saturated heterocycles. The highest BCUT2D eigenvalue weighted by Crippen LogP contribution is 2.38. The molecule has 0 aromatic rings. The molecule has 2 N–H and O–H groups in total. The molecule has 1 saturated carbocycles. The summed E-state index contributed by atoms with van der Waals surface area (Å²) >= 11 is 0. The molecular weight excluding hydrogens is 170 g/mol. The minimum atomic E-state index is 0.227. The summed E-state index contributed by atoms with van der Waals surface area (Å²) < 4.78 is 0. The molecule has 0 aromatic heterocycles. The fraction of sp³-hybridized carbons (Fsp3) is 0.846. The Morgan fingerprint density at radius 2 is 1.86 bits per heavy atom. The fourth-order valence-corrected chi connectivity index (χ4v) is 2.11. The zero-order chi connectivity index (χ0) is 10.8. The van der Waals surface area contributed by atoms with Gasteiger partial charge in [0.15, 0.2) is 0 Å². The molecule has 1 nitrogen and oxygen atoms in total. The summed E-state index contributed by atoms with van der Waals surface area (Å²) in [5.74, 6) is 0.786. The summed E-state index contributed by atoms with van der Waals surface area (Å²) in [7, 11) is 0. The van der Waals surface area contributed by atoms with E-state index in [1.54, 1.807) is 0 Å². The van der Waals surface area contributed by atoms with Crippen molar-refractivity contribution in [2.75, 3.05) is 0 Å². The first-order chi connectivity index (χ1) is 6.41. The highest BCUT2D eigenvalue weighted by molar-refractivity contribution is 5.08. The lowest BCUT2D eigenvalue weighted by atomic mass is 9.73. The van der Waals surface area contributed by atoms with Gasteiger partial charge in [0.25, 0.3) is 0 Å². The van der Waals surface area contributed by atoms with Crippen LogP contribution in [-0.2, 0) is 0 Å². The Morgan fingerprint density at radius 3 is 2.29 bits per heavy atom. The smallest absolute Gasteiger partial charge is 0.0222 e. The van der Waals surface area contributed by atoms with Crippen LogP contribution in [0, 0.1) is 11.3 Å². The molecule has 0 amide bonds. The van der Waals surface area contributed by atoms with E-state index in [1.165, 1.54) is 31.3 Å². The van der Waals surface area contributed by atoms with Crippen molar-refractivity contribution in [1.29, 1.82) is 0 Å². The van der Waals surface area contributed by atoms with Crippen LogP contribution in [0.5, 0.6) is 0 Å². The normalized spacial score (nSPS) is 26.2. The van der Waals surface area contributed by atoms with E-state index in [-0.39, 0.29) is 6.04 Å². The highest BCUT2D eigenvalue weighted by Gasteiger charge is 2.25. The van der Waals surface area contributed by atoms with Crippen molar-refractivity contribution >= 4 is 0 Å². The second-order valence-electron chi connectivity index (χ2n) is 5.70. The fourth-order valence-electron chi connectivity index (χ4n) is 2.11. The lowest BCUT2D eigenvalue weighted by Gasteiger charge is -2.33. The Kier molecular flexibility index (Phi) is 3.77. The van der Waals surface area contributed by atoms with E-state index in [0.717, 1.165) is 5.92 Å². The predicted molar refractivity (Wildman–Crippen MR) is 63.1 cm³/mol. The molecule has 1 atom stereocenters. The molecule has 1 heteroatoms. The standard InChI is InChI=1S/C13H25N/c1-10(11(2)14)9-12-5-7-13(3,4)8-6-12/h9,11-12H,5-8,14H2,1-4H3/b10-9+. The molecular formula is C13H25N. The summed E-state index contributed by atoms with van der Waals surface area (Å²) in [5, 5.41) is 0. The van der Waals surface area contributed by atoms with Gasteiger partial charge in [-0.2, -0.15) is 0 Å². The molecule has 1 aliphatic rings. The number of nitrogens with two attached hydrogens (primary N) is 1. The molecule has 0 aliphatic heterocycles. The summed E-state index contributed by atoms with van der Waals surface area (Å²) in [6, 6.07) is 0.227. The quantitative estimate of drug-likeness (QED) is 0.671. The van der Waals surface area contributed by atoms with Gasteiger partial charge in [0.2, 0.25) is 0 Å². The van der Waals surface area contributed by atoms with Crippen molar-refractivity contribution < 1.29 is 0 Å². The van der Waals surface area contributed by atoms with Crippen LogP contribution in [0.4, 0.5) is 0 Å². The highest BCUT2D eigenvalue weighted by atomic mass is 14.6. The zero-order valence-electron chi connectivity index (χ0n) is 10.1. The second kappa shape index (κ2) is 4.48. The first kappa shape index (κ1) is 11.8. The van der Waals surface area contributed by atoms with Crippen molar-refractivity contribution in [3.63, 3.8) is 0 Å². The Labute approximate surface area is 88.8 Å². The van der Waals surface area contributed by atoms with E-state index >= 15 is 0 Å². The van der Waals surface area contributed by atoms with Crippen LogP contribution < -0.4 is 5.73 Å². The van der Waals surface area contributed by atoms with Gasteiger partial charge in [-0.05, 0) is 50.9 Å². The number of rotatable bonds is 2. The van der Waals surface area contributed by atoms with E-state index in [4.69, 9.17) is 5.73 Å². The van der Waals surface area contributed by atoms with Gasteiger partial charge >= 0.3 is 0 Å². The first-order valence-corrected chi connectivity index (χ1v) is 5.84. The lowest BCUT2D eigenvalue weighted by Crippen LogP contribution is -2.22. The van der Waals surface area contributed by atoms with Crippen molar-refractivity contribution in [2.24, 2.45) is 17.1 Å². The van der Waals surface area contributed by atoms with Gasteiger partial charge < -0.3 is 5.73 Å². The van der Waals surface area contributed by atoms with Crippen molar-refractivity contribution in [3.05, 3.63) is 11.6 Å². The van der Waals surface area contributed by atoms with Crippen LogP contribution in [-0.4, -0.2) is 6.04 Å². The van der Waals surface area contributed by atoms with Crippen molar-refractivity contribution in [1.82, 2.24) is 0 Å². The number of allylic oxidation sites excluding steroid dienone is 1. The zero-order valence-corrected chi connectivity index (χ0v) is 10.1. The summed E-state index contributed by atoms with van der Waals surface area (Å²) in [4.78, 5) is 0. The van der Waals surface area contributed by atoms with Gasteiger partial charge in [0, 0.05) is 6.04 Å². The SMILES string of the molecule is C/C(=C\C1CCC(C)(C)CC1)C(C)N. The topological polar surface area (TPSA) is 26.0 Å². The molecule has 0 heterocycles. The van der Waals surface area contributed by atoms with Crippen LogP contribution in [0.2, 0.25) is 0 Å². The average Bonchev–Trinajstić information content (AvgIpc) is 2.08. The maximum absolute atomic E-state index is 5.84. The molecule has 1 aliphatic carbocycles. The largest absolute Gasteiger partial charge is 0.324 e. The van der Waals surface area contributed by atoms with E-state index < -0.39 is 0 Å². The van der Waals surface area contributed by atoms with E-state index in [9.17, 15) is 0 Å². The first-order valence-electron chi connectivity index (χ1n) is 5.84. The van der Waals surface area contributed by atoms with Gasteiger partial charge in [-0.15, -0.1) is 0 Å². The summed E-state index contributed by atoms with van der Waals surface area (Å²) in [6.07, 6.45) is 7.81. The molecule has 0 aromatic carbocycles. The monoisotopic (exact) mass is 195 g/mol. The maximum Gasteiger partial charge on any atom is 0.0222 e. The molecule has 14 heavy (non-hydrogen) atoms. The Morgan fingerprint density at radius 1 is 1.36 bits per heavy atom.